The van der Waals surface area contributed by atoms with E-state index >= 15 is 0 Å². The van der Waals surface area contributed by atoms with Gasteiger partial charge >= 0.3 is 12.1 Å². The molecule has 0 spiro atoms. The van der Waals surface area contributed by atoms with E-state index in [0.29, 0.717) is 6.54 Å². The molecule has 3 nitrogen and oxygen atoms in total. The zero-order valence-corrected chi connectivity index (χ0v) is 12.2. The van der Waals surface area contributed by atoms with E-state index in [1.165, 1.54) is 0 Å². The lowest BCUT2D eigenvalue weighted by atomic mass is 10.2. The van der Waals surface area contributed by atoms with Crippen molar-refractivity contribution in [2.75, 3.05) is 38.7 Å². The van der Waals surface area contributed by atoms with E-state index in [4.69, 9.17) is 0 Å². The summed E-state index contributed by atoms with van der Waals surface area (Å²) in [6.45, 7) is 1.25. The summed E-state index contributed by atoms with van der Waals surface area (Å²) in [7, 11) is 3.77. The van der Waals surface area contributed by atoms with Crippen LogP contribution in [0.15, 0.2) is 0 Å². The molecule has 0 saturated heterocycles. The zero-order valence-electron chi connectivity index (χ0n) is 11.4. The summed E-state index contributed by atoms with van der Waals surface area (Å²) < 4.78 is 60.6. The number of alkyl halides is 5. The molecule has 0 aliphatic carbocycles. The second-order valence-corrected chi connectivity index (χ2v) is 5.62. The first kappa shape index (κ1) is 19.4. The molecule has 0 aliphatic rings. The fourth-order valence-electron chi connectivity index (χ4n) is 1.18. The molecule has 0 heterocycles. The molecule has 0 saturated carbocycles. The molecule has 0 atom stereocenters. The van der Waals surface area contributed by atoms with Crippen molar-refractivity contribution in [2.24, 2.45) is 0 Å². The van der Waals surface area contributed by atoms with Gasteiger partial charge in [0, 0.05) is 13.0 Å². The Bertz CT molecular complexity index is 297. The van der Waals surface area contributed by atoms with Crippen LogP contribution in [0.1, 0.15) is 12.8 Å². The van der Waals surface area contributed by atoms with E-state index in [0.717, 1.165) is 24.7 Å². The molecule has 120 valence electrons. The number of amides is 1. The quantitative estimate of drug-likeness (QED) is 0.522. The second-order valence-electron chi connectivity index (χ2n) is 4.51. The van der Waals surface area contributed by atoms with Crippen molar-refractivity contribution in [3.05, 3.63) is 0 Å². The topological polar surface area (TPSA) is 32.3 Å². The Balaban J connectivity index is 3.67. The van der Waals surface area contributed by atoms with Gasteiger partial charge in [-0.3, -0.25) is 4.79 Å². The average molecular weight is 322 g/mol. The Labute approximate surface area is 119 Å². The van der Waals surface area contributed by atoms with Crippen LogP contribution in [0.5, 0.6) is 0 Å². The number of thioether (sulfide) groups is 1. The maximum Gasteiger partial charge on any atom is 0.453 e. The van der Waals surface area contributed by atoms with E-state index in [1.54, 1.807) is 0 Å². The van der Waals surface area contributed by atoms with Gasteiger partial charge in [0.2, 0.25) is 5.91 Å². The molecule has 0 aromatic carbocycles. The normalized spacial score (nSPS) is 12.8. The first-order chi connectivity index (χ1) is 9.06. The lowest BCUT2D eigenvalue weighted by Gasteiger charge is -2.18. The summed E-state index contributed by atoms with van der Waals surface area (Å²) in [6, 6.07) is 0. The van der Waals surface area contributed by atoms with Crippen LogP contribution in [0.2, 0.25) is 0 Å². The van der Waals surface area contributed by atoms with E-state index < -0.39 is 24.3 Å². The Kier molecular flexibility index (Phi) is 8.41. The Morgan fingerprint density at radius 2 is 1.80 bits per heavy atom. The van der Waals surface area contributed by atoms with Gasteiger partial charge in [0.05, 0.1) is 5.75 Å². The number of hydrogen-bond acceptors (Lipinski definition) is 3. The largest absolute Gasteiger partial charge is 0.453 e. The van der Waals surface area contributed by atoms with Gasteiger partial charge in [-0.1, -0.05) is 0 Å². The van der Waals surface area contributed by atoms with Gasteiger partial charge in [-0.05, 0) is 32.8 Å². The van der Waals surface area contributed by atoms with Gasteiger partial charge in [0.1, 0.15) is 0 Å². The lowest BCUT2D eigenvalue weighted by molar-refractivity contribution is -0.282. The number of nitrogens with one attached hydrogen (secondary N) is 1. The molecule has 0 fully saturated rings. The molecule has 0 aromatic rings. The Hall–Kier alpha value is -0.570. The highest BCUT2D eigenvalue weighted by Gasteiger charge is 2.56. The van der Waals surface area contributed by atoms with Gasteiger partial charge in [-0.25, -0.2) is 0 Å². The Morgan fingerprint density at radius 3 is 2.30 bits per heavy atom. The number of carbonyl (C=O) groups is 1. The fraction of sp³-hybridized carbons (Fsp3) is 0.909. The van der Waals surface area contributed by atoms with Gasteiger partial charge in [0.25, 0.3) is 0 Å². The van der Waals surface area contributed by atoms with Crippen molar-refractivity contribution >= 4 is 17.7 Å². The molecule has 0 radical (unpaired) electrons. The standard InChI is InChI=1S/C11H19F5N2OS/c1-18(2)6-3-5-17-9(19)8-20-7-4-10(12,13)11(14,15)16/h3-8H2,1-2H3,(H,17,19). The SMILES string of the molecule is CN(C)CCCNC(=O)CSCCC(F)(F)C(F)(F)F. The molecule has 1 amide bonds. The van der Waals surface area contributed by atoms with Crippen molar-refractivity contribution < 1.29 is 26.7 Å². The van der Waals surface area contributed by atoms with Gasteiger partial charge in [-0.15, -0.1) is 0 Å². The number of halogens is 5. The zero-order chi connectivity index (χ0) is 15.8. The number of carbonyl (C=O) groups excluding carboxylic acids is 1. The van der Waals surface area contributed by atoms with Crippen molar-refractivity contribution in [2.45, 2.75) is 24.9 Å². The molecule has 1 N–H and O–H groups in total. The van der Waals surface area contributed by atoms with Crippen molar-refractivity contribution in [1.29, 1.82) is 0 Å². The summed E-state index contributed by atoms with van der Waals surface area (Å²) in [4.78, 5) is 13.2. The predicted octanol–water partition coefficient (Wildman–Crippen LogP) is 2.38. The van der Waals surface area contributed by atoms with Crippen molar-refractivity contribution in [3.63, 3.8) is 0 Å². The number of hydrogen-bond donors (Lipinski definition) is 1. The maximum absolute atomic E-state index is 12.5. The summed E-state index contributed by atoms with van der Waals surface area (Å²) in [6.07, 6.45) is -6.09. The monoisotopic (exact) mass is 322 g/mol. The summed E-state index contributed by atoms with van der Waals surface area (Å²) >= 11 is 0.766. The predicted molar refractivity (Wildman–Crippen MR) is 69.1 cm³/mol. The van der Waals surface area contributed by atoms with E-state index in [1.807, 2.05) is 19.0 Å². The summed E-state index contributed by atoms with van der Waals surface area (Å²) in [5, 5.41) is 2.57. The van der Waals surface area contributed by atoms with Gasteiger partial charge in [0.15, 0.2) is 0 Å². The first-order valence-corrected chi connectivity index (χ1v) is 7.15. The smallest absolute Gasteiger partial charge is 0.355 e. The van der Waals surface area contributed by atoms with E-state index in [9.17, 15) is 26.7 Å². The third-order valence-corrected chi connectivity index (χ3v) is 3.27. The van der Waals surface area contributed by atoms with E-state index in [2.05, 4.69) is 5.32 Å². The number of nitrogens with zero attached hydrogens (tertiary/aromatic N) is 1. The highest BCUT2D eigenvalue weighted by Crippen LogP contribution is 2.38. The first-order valence-electron chi connectivity index (χ1n) is 6.00. The third kappa shape index (κ3) is 8.57. The molecule has 20 heavy (non-hydrogen) atoms. The van der Waals surface area contributed by atoms with Crippen molar-refractivity contribution in [1.82, 2.24) is 10.2 Å². The average Bonchev–Trinajstić information content (AvgIpc) is 2.28. The minimum absolute atomic E-state index is 0.115. The summed E-state index contributed by atoms with van der Waals surface area (Å²) in [5.41, 5.74) is 0. The van der Waals surface area contributed by atoms with Crippen LogP contribution in [-0.4, -0.2) is 61.6 Å². The third-order valence-electron chi connectivity index (χ3n) is 2.31. The molecule has 9 heteroatoms. The highest BCUT2D eigenvalue weighted by atomic mass is 32.2. The highest BCUT2D eigenvalue weighted by molar-refractivity contribution is 7.99. The van der Waals surface area contributed by atoms with Gasteiger partial charge < -0.3 is 10.2 Å². The maximum atomic E-state index is 12.5. The summed E-state index contributed by atoms with van der Waals surface area (Å²) in [5.74, 6) is -5.58. The van der Waals surface area contributed by atoms with Crippen LogP contribution < -0.4 is 5.32 Å². The van der Waals surface area contributed by atoms with Crippen LogP contribution in [0.4, 0.5) is 22.0 Å². The molecule has 0 aromatic heterocycles. The molecule has 0 aliphatic heterocycles. The second kappa shape index (κ2) is 8.66. The van der Waals surface area contributed by atoms with Crippen LogP contribution in [0.25, 0.3) is 0 Å². The molecular weight excluding hydrogens is 303 g/mol. The lowest BCUT2D eigenvalue weighted by Crippen LogP contribution is -2.37. The molecule has 0 unspecified atom stereocenters. The Morgan fingerprint density at radius 1 is 1.20 bits per heavy atom. The molecule has 0 rings (SSSR count). The van der Waals surface area contributed by atoms with Crippen LogP contribution in [0.3, 0.4) is 0 Å². The molecular formula is C11H19F5N2OS. The van der Waals surface area contributed by atoms with Crippen LogP contribution in [0, 0.1) is 0 Å². The minimum Gasteiger partial charge on any atom is -0.355 e. The van der Waals surface area contributed by atoms with Gasteiger partial charge in [-0.2, -0.15) is 33.7 Å². The van der Waals surface area contributed by atoms with Crippen LogP contribution >= 0.6 is 11.8 Å². The van der Waals surface area contributed by atoms with E-state index in [-0.39, 0.29) is 11.7 Å². The number of rotatable bonds is 9. The fourth-order valence-corrected chi connectivity index (χ4v) is 2.01. The molecule has 0 bridgehead atoms. The van der Waals surface area contributed by atoms with Crippen LogP contribution in [-0.2, 0) is 4.79 Å². The minimum atomic E-state index is -5.53. The van der Waals surface area contributed by atoms with Crippen molar-refractivity contribution in [3.8, 4) is 0 Å².